The fourth-order valence-corrected chi connectivity index (χ4v) is 2.78. The van der Waals surface area contributed by atoms with E-state index in [2.05, 4.69) is 13.0 Å². The van der Waals surface area contributed by atoms with Crippen molar-refractivity contribution >= 4 is 0 Å². The number of fused-ring (bicyclic) bond motifs is 3. The largest absolute Gasteiger partial charge is 0.493 e. The first-order valence-electron chi connectivity index (χ1n) is 6.39. The summed E-state index contributed by atoms with van der Waals surface area (Å²) in [5, 5.41) is 10.00. The molecule has 17 heavy (non-hydrogen) atoms. The minimum Gasteiger partial charge on any atom is -0.493 e. The van der Waals surface area contributed by atoms with Gasteiger partial charge in [0.05, 0.1) is 19.3 Å². The van der Waals surface area contributed by atoms with Crippen LogP contribution in [-0.2, 0) is 11.2 Å². The second-order valence-electron chi connectivity index (χ2n) is 4.78. The zero-order valence-electron chi connectivity index (χ0n) is 10.1. The molecule has 2 aliphatic rings. The molecule has 2 aliphatic heterocycles. The van der Waals surface area contributed by atoms with E-state index in [-0.39, 0.29) is 6.10 Å². The average Bonchev–Trinajstić information content (AvgIpc) is 2.80. The lowest BCUT2D eigenvalue weighted by molar-refractivity contribution is -0.0350. The van der Waals surface area contributed by atoms with Crippen LogP contribution in [0.15, 0.2) is 12.1 Å². The number of ether oxygens (including phenoxy) is 2. The SMILES string of the molecule is CCC[C@H]1OC[C@H](O)c2ccc3c(c21)OCC3. The van der Waals surface area contributed by atoms with Gasteiger partial charge in [-0.25, -0.2) is 0 Å². The van der Waals surface area contributed by atoms with E-state index in [4.69, 9.17) is 9.47 Å². The number of benzene rings is 1. The van der Waals surface area contributed by atoms with Gasteiger partial charge in [0.1, 0.15) is 11.9 Å². The first-order valence-corrected chi connectivity index (χ1v) is 6.39. The zero-order valence-corrected chi connectivity index (χ0v) is 10.1. The first kappa shape index (κ1) is 11.1. The highest BCUT2D eigenvalue weighted by atomic mass is 16.5. The molecule has 1 N–H and O–H groups in total. The predicted octanol–water partition coefficient (Wildman–Crippen LogP) is 2.53. The van der Waals surface area contributed by atoms with E-state index in [1.807, 2.05) is 6.07 Å². The van der Waals surface area contributed by atoms with Crippen LogP contribution in [0.1, 0.15) is 48.7 Å². The molecule has 0 saturated heterocycles. The van der Waals surface area contributed by atoms with Crippen LogP contribution < -0.4 is 4.74 Å². The monoisotopic (exact) mass is 234 g/mol. The summed E-state index contributed by atoms with van der Waals surface area (Å²) in [6.07, 6.45) is 2.61. The Morgan fingerprint density at radius 2 is 2.29 bits per heavy atom. The molecule has 92 valence electrons. The van der Waals surface area contributed by atoms with Gasteiger partial charge in [-0.2, -0.15) is 0 Å². The molecule has 0 unspecified atom stereocenters. The van der Waals surface area contributed by atoms with Crippen LogP contribution in [0.4, 0.5) is 0 Å². The number of hydrogen-bond acceptors (Lipinski definition) is 3. The van der Waals surface area contributed by atoms with Crippen molar-refractivity contribution in [1.29, 1.82) is 0 Å². The summed E-state index contributed by atoms with van der Waals surface area (Å²) >= 11 is 0. The first-order chi connectivity index (χ1) is 8.31. The van der Waals surface area contributed by atoms with Crippen molar-refractivity contribution in [2.75, 3.05) is 13.2 Å². The maximum Gasteiger partial charge on any atom is 0.128 e. The Hall–Kier alpha value is -1.06. The standard InChI is InChI=1S/C14H18O3/c1-2-3-12-13-10(11(15)8-17-12)5-4-9-6-7-16-14(9)13/h4-5,11-12,15H,2-3,6-8H2,1H3/t11-,12+/m0/s1. The van der Waals surface area contributed by atoms with Gasteiger partial charge in [0, 0.05) is 12.0 Å². The molecule has 1 aromatic rings. The second kappa shape index (κ2) is 4.31. The topological polar surface area (TPSA) is 38.7 Å². The summed E-state index contributed by atoms with van der Waals surface area (Å²) < 4.78 is 11.5. The van der Waals surface area contributed by atoms with Crippen LogP contribution in [0.2, 0.25) is 0 Å². The van der Waals surface area contributed by atoms with E-state index in [0.717, 1.165) is 42.7 Å². The van der Waals surface area contributed by atoms with Crippen LogP contribution in [0.3, 0.4) is 0 Å². The Labute approximate surface area is 101 Å². The van der Waals surface area contributed by atoms with Crippen LogP contribution >= 0.6 is 0 Å². The Morgan fingerprint density at radius 3 is 3.12 bits per heavy atom. The number of rotatable bonds is 2. The summed E-state index contributed by atoms with van der Waals surface area (Å²) in [5.41, 5.74) is 3.35. The Balaban J connectivity index is 2.09. The van der Waals surface area contributed by atoms with Crippen molar-refractivity contribution in [2.24, 2.45) is 0 Å². The Morgan fingerprint density at radius 1 is 1.41 bits per heavy atom. The summed E-state index contributed by atoms with van der Waals surface area (Å²) in [5.74, 6) is 0.972. The summed E-state index contributed by atoms with van der Waals surface area (Å²) in [7, 11) is 0. The molecule has 3 nitrogen and oxygen atoms in total. The third-order valence-electron chi connectivity index (χ3n) is 3.62. The molecular formula is C14H18O3. The average molecular weight is 234 g/mol. The van der Waals surface area contributed by atoms with Crippen molar-refractivity contribution in [3.8, 4) is 5.75 Å². The van der Waals surface area contributed by atoms with E-state index in [1.165, 1.54) is 5.56 Å². The van der Waals surface area contributed by atoms with Gasteiger partial charge in [-0.1, -0.05) is 25.5 Å². The molecule has 3 rings (SSSR count). The van der Waals surface area contributed by atoms with Crippen molar-refractivity contribution in [3.63, 3.8) is 0 Å². The number of aliphatic hydroxyl groups is 1. The molecule has 3 heteroatoms. The van der Waals surface area contributed by atoms with Crippen LogP contribution in [0.5, 0.6) is 5.75 Å². The molecule has 0 saturated carbocycles. The Bertz CT molecular complexity index is 428. The van der Waals surface area contributed by atoms with E-state index in [9.17, 15) is 5.11 Å². The minimum absolute atomic E-state index is 0.0893. The highest BCUT2D eigenvalue weighted by molar-refractivity contribution is 5.51. The summed E-state index contributed by atoms with van der Waals surface area (Å²) in [6.45, 7) is 3.30. The van der Waals surface area contributed by atoms with Gasteiger partial charge in [0.25, 0.3) is 0 Å². The van der Waals surface area contributed by atoms with E-state index in [1.54, 1.807) is 0 Å². The van der Waals surface area contributed by atoms with E-state index in [0.29, 0.717) is 6.61 Å². The quantitative estimate of drug-likeness (QED) is 0.854. The normalized spacial score (nSPS) is 26.2. The van der Waals surface area contributed by atoms with Gasteiger partial charge in [0.2, 0.25) is 0 Å². The molecule has 2 heterocycles. The molecule has 2 atom stereocenters. The number of hydrogen-bond donors (Lipinski definition) is 1. The molecule has 0 amide bonds. The smallest absolute Gasteiger partial charge is 0.128 e. The van der Waals surface area contributed by atoms with E-state index >= 15 is 0 Å². The summed E-state index contributed by atoms with van der Waals surface area (Å²) in [4.78, 5) is 0. The molecule has 0 aromatic heterocycles. The fourth-order valence-electron chi connectivity index (χ4n) is 2.78. The maximum absolute atomic E-state index is 10.00. The molecule has 1 aromatic carbocycles. The highest BCUT2D eigenvalue weighted by Gasteiger charge is 2.32. The van der Waals surface area contributed by atoms with Crippen molar-refractivity contribution in [2.45, 2.75) is 38.4 Å². The maximum atomic E-state index is 10.00. The van der Waals surface area contributed by atoms with Crippen molar-refractivity contribution in [1.82, 2.24) is 0 Å². The third-order valence-corrected chi connectivity index (χ3v) is 3.62. The zero-order chi connectivity index (χ0) is 11.8. The highest BCUT2D eigenvalue weighted by Crippen LogP contribution is 2.44. The van der Waals surface area contributed by atoms with Crippen molar-refractivity contribution < 1.29 is 14.6 Å². The van der Waals surface area contributed by atoms with Gasteiger partial charge in [-0.05, 0) is 17.5 Å². The van der Waals surface area contributed by atoms with Gasteiger partial charge in [-0.3, -0.25) is 0 Å². The van der Waals surface area contributed by atoms with Crippen LogP contribution in [-0.4, -0.2) is 18.3 Å². The van der Waals surface area contributed by atoms with Crippen molar-refractivity contribution in [3.05, 3.63) is 28.8 Å². The van der Waals surface area contributed by atoms with Gasteiger partial charge in [-0.15, -0.1) is 0 Å². The lowest BCUT2D eigenvalue weighted by Crippen LogP contribution is -2.21. The summed E-state index contributed by atoms with van der Waals surface area (Å²) in [6, 6.07) is 4.12. The second-order valence-corrected chi connectivity index (χ2v) is 4.78. The lowest BCUT2D eigenvalue weighted by Gasteiger charge is -2.30. The minimum atomic E-state index is -0.507. The van der Waals surface area contributed by atoms with Crippen LogP contribution in [0.25, 0.3) is 0 Å². The van der Waals surface area contributed by atoms with Gasteiger partial charge < -0.3 is 14.6 Å². The third kappa shape index (κ3) is 1.74. The van der Waals surface area contributed by atoms with Crippen LogP contribution in [0, 0.1) is 0 Å². The molecule has 0 fully saturated rings. The molecule has 0 spiro atoms. The number of aliphatic hydroxyl groups excluding tert-OH is 1. The molecule has 0 bridgehead atoms. The molecular weight excluding hydrogens is 216 g/mol. The fraction of sp³-hybridized carbons (Fsp3) is 0.571. The Kier molecular flexibility index (Phi) is 2.81. The predicted molar refractivity (Wildman–Crippen MR) is 64.2 cm³/mol. The van der Waals surface area contributed by atoms with E-state index < -0.39 is 6.10 Å². The van der Waals surface area contributed by atoms with Gasteiger partial charge >= 0.3 is 0 Å². The lowest BCUT2D eigenvalue weighted by atomic mass is 9.90. The molecule has 0 radical (unpaired) electrons. The molecule has 0 aliphatic carbocycles. The van der Waals surface area contributed by atoms with Gasteiger partial charge in [0.15, 0.2) is 0 Å².